The number of non-ortho nitro benzene ring substituents is 1. The first kappa shape index (κ1) is 13.5. The predicted molar refractivity (Wildman–Crippen MR) is 74.1 cm³/mol. The Balaban J connectivity index is 1.95. The van der Waals surface area contributed by atoms with E-state index in [0.29, 0.717) is 18.8 Å². The molecule has 1 aromatic rings. The monoisotopic (exact) mass is 279 g/mol. The Morgan fingerprint density at radius 3 is 2.74 bits per heavy atom. The van der Waals surface area contributed by atoms with Crippen LogP contribution in [-0.2, 0) is 10.5 Å². The Labute approximate surface area is 114 Å². The summed E-state index contributed by atoms with van der Waals surface area (Å²) >= 11 is 1.47. The number of hydrogen-bond donors (Lipinski definition) is 0. The zero-order valence-electron chi connectivity index (χ0n) is 10.4. The third-order valence-electron chi connectivity index (χ3n) is 2.70. The molecule has 100 valence electrons. The molecule has 0 saturated carbocycles. The molecule has 2 rings (SSSR count). The number of hydrogen-bond acceptors (Lipinski definition) is 5. The van der Waals surface area contributed by atoms with E-state index in [1.54, 1.807) is 17.0 Å². The van der Waals surface area contributed by atoms with Crippen LogP contribution in [0.2, 0.25) is 0 Å². The summed E-state index contributed by atoms with van der Waals surface area (Å²) in [5, 5.41) is 11.3. The molecule has 0 N–H and O–H groups in total. The van der Waals surface area contributed by atoms with Crippen molar-refractivity contribution in [2.24, 2.45) is 4.99 Å². The first-order valence-electron chi connectivity index (χ1n) is 5.76. The van der Waals surface area contributed by atoms with Gasteiger partial charge in [0, 0.05) is 31.4 Å². The minimum Gasteiger partial charge on any atom is -0.290 e. The minimum atomic E-state index is -0.421. The Morgan fingerprint density at radius 1 is 1.47 bits per heavy atom. The number of amides is 1. The van der Waals surface area contributed by atoms with Gasteiger partial charge in [-0.05, 0) is 5.56 Å². The number of carbonyl (C=O) groups is 1. The molecule has 0 radical (unpaired) electrons. The van der Waals surface area contributed by atoms with E-state index in [2.05, 4.69) is 4.99 Å². The first-order valence-corrected chi connectivity index (χ1v) is 6.75. The van der Waals surface area contributed by atoms with E-state index in [1.807, 2.05) is 0 Å². The summed E-state index contributed by atoms with van der Waals surface area (Å²) in [6.45, 7) is 2.80. The number of thioether (sulfide) groups is 1. The van der Waals surface area contributed by atoms with Gasteiger partial charge < -0.3 is 0 Å². The molecule has 1 aliphatic rings. The lowest BCUT2D eigenvalue weighted by Gasteiger charge is -2.15. The lowest BCUT2D eigenvalue weighted by molar-refractivity contribution is -0.384. The molecule has 7 heteroatoms. The van der Waals surface area contributed by atoms with Crippen molar-refractivity contribution in [2.75, 3.05) is 13.1 Å². The van der Waals surface area contributed by atoms with Gasteiger partial charge in [0.2, 0.25) is 5.91 Å². The van der Waals surface area contributed by atoms with Crippen LogP contribution in [0.1, 0.15) is 12.5 Å². The van der Waals surface area contributed by atoms with Gasteiger partial charge in [-0.1, -0.05) is 23.9 Å². The number of amidine groups is 1. The van der Waals surface area contributed by atoms with Gasteiger partial charge in [-0.25, -0.2) is 0 Å². The molecule has 6 nitrogen and oxygen atoms in total. The number of aliphatic imine (C=N–C) groups is 1. The quantitative estimate of drug-likeness (QED) is 0.626. The van der Waals surface area contributed by atoms with E-state index in [-0.39, 0.29) is 11.6 Å². The van der Waals surface area contributed by atoms with Crippen LogP contribution in [0.15, 0.2) is 29.3 Å². The molecule has 0 bridgehead atoms. The SMILES string of the molecule is CC(=O)N1CCN=C1SCc1ccc([N+](=O)[O-])cc1. The summed E-state index contributed by atoms with van der Waals surface area (Å²) in [6.07, 6.45) is 0. The van der Waals surface area contributed by atoms with Gasteiger partial charge in [0.1, 0.15) is 0 Å². The summed E-state index contributed by atoms with van der Waals surface area (Å²) in [5.41, 5.74) is 1.05. The fraction of sp³-hybridized carbons (Fsp3) is 0.333. The summed E-state index contributed by atoms with van der Waals surface area (Å²) in [7, 11) is 0. The van der Waals surface area contributed by atoms with Crippen molar-refractivity contribution >= 4 is 28.5 Å². The molecule has 1 heterocycles. The van der Waals surface area contributed by atoms with Crippen molar-refractivity contribution in [3.8, 4) is 0 Å². The molecule has 0 aliphatic carbocycles. The molecule has 1 aromatic carbocycles. The van der Waals surface area contributed by atoms with Gasteiger partial charge in [-0.3, -0.25) is 24.8 Å². The van der Waals surface area contributed by atoms with E-state index in [0.717, 1.165) is 10.7 Å². The lowest BCUT2D eigenvalue weighted by Crippen LogP contribution is -2.30. The van der Waals surface area contributed by atoms with Crippen LogP contribution in [0.5, 0.6) is 0 Å². The average molecular weight is 279 g/mol. The summed E-state index contributed by atoms with van der Waals surface area (Å²) < 4.78 is 0. The number of rotatable bonds is 3. The maximum atomic E-state index is 11.3. The lowest BCUT2D eigenvalue weighted by atomic mass is 10.2. The van der Waals surface area contributed by atoms with Crippen molar-refractivity contribution in [3.05, 3.63) is 39.9 Å². The second-order valence-corrected chi connectivity index (χ2v) is 4.99. The Kier molecular flexibility index (Phi) is 4.16. The molecule has 0 fully saturated rings. The zero-order chi connectivity index (χ0) is 13.8. The average Bonchev–Trinajstić information content (AvgIpc) is 2.85. The topological polar surface area (TPSA) is 75.8 Å². The Hall–Kier alpha value is -1.89. The van der Waals surface area contributed by atoms with Gasteiger partial charge in [0.15, 0.2) is 5.17 Å². The fourth-order valence-electron chi connectivity index (χ4n) is 1.70. The summed E-state index contributed by atoms with van der Waals surface area (Å²) in [5.74, 6) is 0.633. The molecule has 0 saturated heterocycles. The van der Waals surface area contributed by atoms with Crippen LogP contribution in [0, 0.1) is 10.1 Å². The van der Waals surface area contributed by atoms with Crippen molar-refractivity contribution in [1.82, 2.24) is 4.90 Å². The summed E-state index contributed by atoms with van der Waals surface area (Å²) in [6, 6.07) is 6.40. The second kappa shape index (κ2) is 5.83. The molecule has 1 aliphatic heterocycles. The van der Waals surface area contributed by atoms with E-state index in [9.17, 15) is 14.9 Å². The van der Waals surface area contributed by atoms with E-state index >= 15 is 0 Å². The van der Waals surface area contributed by atoms with Crippen LogP contribution >= 0.6 is 11.8 Å². The minimum absolute atomic E-state index is 0.00699. The molecule has 0 atom stereocenters. The van der Waals surface area contributed by atoms with Gasteiger partial charge in [-0.2, -0.15) is 0 Å². The number of carbonyl (C=O) groups excluding carboxylic acids is 1. The maximum Gasteiger partial charge on any atom is 0.269 e. The highest BCUT2D eigenvalue weighted by Gasteiger charge is 2.20. The standard InChI is InChI=1S/C12H13N3O3S/c1-9(16)14-7-6-13-12(14)19-8-10-2-4-11(5-3-10)15(17)18/h2-5H,6-8H2,1H3. The van der Waals surface area contributed by atoms with Crippen molar-refractivity contribution in [2.45, 2.75) is 12.7 Å². The van der Waals surface area contributed by atoms with Crippen LogP contribution in [0.3, 0.4) is 0 Å². The molecule has 0 unspecified atom stereocenters. The molecule has 0 spiro atoms. The van der Waals surface area contributed by atoms with Crippen molar-refractivity contribution in [3.63, 3.8) is 0 Å². The number of benzene rings is 1. The van der Waals surface area contributed by atoms with Crippen LogP contribution in [0.25, 0.3) is 0 Å². The smallest absolute Gasteiger partial charge is 0.269 e. The van der Waals surface area contributed by atoms with E-state index < -0.39 is 4.92 Å². The van der Waals surface area contributed by atoms with Gasteiger partial charge >= 0.3 is 0 Å². The maximum absolute atomic E-state index is 11.3. The van der Waals surface area contributed by atoms with Crippen LogP contribution < -0.4 is 0 Å². The number of nitro groups is 1. The van der Waals surface area contributed by atoms with Crippen molar-refractivity contribution < 1.29 is 9.72 Å². The molecule has 0 aromatic heterocycles. The third-order valence-corrected chi connectivity index (χ3v) is 3.78. The zero-order valence-corrected chi connectivity index (χ0v) is 11.2. The molecule has 1 amide bonds. The molecular formula is C12H13N3O3S. The Bertz CT molecular complexity index is 528. The summed E-state index contributed by atoms with van der Waals surface area (Å²) in [4.78, 5) is 27.4. The molecular weight excluding hydrogens is 266 g/mol. The normalized spacial score (nSPS) is 14.4. The second-order valence-electron chi connectivity index (χ2n) is 4.05. The highest BCUT2D eigenvalue weighted by Crippen LogP contribution is 2.21. The third kappa shape index (κ3) is 3.31. The largest absolute Gasteiger partial charge is 0.290 e. The van der Waals surface area contributed by atoms with Gasteiger partial charge in [-0.15, -0.1) is 0 Å². The van der Waals surface area contributed by atoms with Gasteiger partial charge in [0.25, 0.3) is 5.69 Å². The van der Waals surface area contributed by atoms with Crippen LogP contribution in [0.4, 0.5) is 5.69 Å². The molecule has 19 heavy (non-hydrogen) atoms. The highest BCUT2D eigenvalue weighted by molar-refractivity contribution is 8.13. The van der Waals surface area contributed by atoms with E-state index in [1.165, 1.54) is 30.8 Å². The first-order chi connectivity index (χ1) is 9.08. The van der Waals surface area contributed by atoms with E-state index in [4.69, 9.17) is 0 Å². The number of nitro benzene ring substituents is 1. The van der Waals surface area contributed by atoms with Crippen molar-refractivity contribution in [1.29, 1.82) is 0 Å². The predicted octanol–water partition coefficient (Wildman–Crippen LogP) is 2.05. The highest BCUT2D eigenvalue weighted by atomic mass is 32.2. The van der Waals surface area contributed by atoms with Gasteiger partial charge in [0.05, 0.1) is 11.5 Å². The number of nitrogens with zero attached hydrogens (tertiary/aromatic N) is 3. The van der Waals surface area contributed by atoms with Crippen LogP contribution in [-0.4, -0.2) is 34.0 Å². The Morgan fingerprint density at radius 2 is 2.16 bits per heavy atom. The fourth-order valence-corrected chi connectivity index (χ4v) is 2.75.